The van der Waals surface area contributed by atoms with Crippen molar-refractivity contribution in [1.82, 2.24) is 0 Å². The van der Waals surface area contributed by atoms with Gasteiger partial charge in [0.15, 0.2) is 24.0 Å². The molecule has 2 aromatic carbocycles. The molecule has 0 atom stereocenters. The zero-order valence-electron chi connectivity index (χ0n) is 9.70. The molecule has 0 radical (unpaired) electrons. The molecule has 2 nitrogen and oxygen atoms in total. The molecule has 0 aliphatic heterocycles. The molecule has 0 aliphatic carbocycles. The number of carbonyl (C=O) groups excluding carboxylic acids is 1. The van der Waals surface area contributed by atoms with Crippen molar-refractivity contribution in [3.63, 3.8) is 0 Å². The predicted molar refractivity (Wildman–Crippen MR) is 70.3 cm³/mol. The van der Waals surface area contributed by atoms with Crippen molar-refractivity contribution in [3.8, 4) is 5.75 Å². The highest BCUT2D eigenvalue weighted by Crippen LogP contribution is 2.21. The van der Waals surface area contributed by atoms with Gasteiger partial charge in [-0.25, -0.2) is 8.78 Å². The van der Waals surface area contributed by atoms with E-state index in [1.807, 2.05) is 0 Å². The first-order valence-electron chi connectivity index (χ1n) is 5.43. The van der Waals surface area contributed by atoms with Crippen molar-refractivity contribution in [2.24, 2.45) is 0 Å². The van der Waals surface area contributed by atoms with Crippen molar-refractivity contribution >= 4 is 21.7 Å². The number of hydrogen-bond donors (Lipinski definition) is 0. The predicted octanol–water partition coefficient (Wildman–Crippen LogP) is 3.99. The third-order valence-electron chi connectivity index (χ3n) is 2.42. The van der Waals surface area contributed by atoms with Crippen molar-refractivity contribution in [1.29, 1.82) is 0 Å². The van der Waals surface area contributed by atoms with Crippen LogP contribution in [-0.2, 0) is 0 Å². The Bertz CT molecular complexity index is 597. The summed E-state index contributed by atoms with van der Waals surface area (Å²) in [6.45, 7) is -0.301. The molecule has 98 valence electrons. The molecule has 0 aromatic heterocycles. The average Bonchev–Trinajstić information content (AvgIpc) is 2.38. The van der Waals surface area contributed by atoms with E-state index in [1.165, 1.54) is 36.4 Å². The molecule has 2 rings (SSSR count). The summed E-state index contributed by atoms with van der Waals surface area (Å²) in [5.41, 5.74) is 0.318. The van der Waals surface area contributed by atoms with Crippen LogP contribution in [0.3, 0.4) is 0 Å². The van der Waals surface area contributed by atoms with Gasteiger partial charge in [-0.1, -0.05) is 15.9 Å². The van der Waals surface area contributed by atoms with Gasteiger partial charge in [0.25, 0.3) is 0 Å². The van der Waals surface area contributed by atoms with E-state index in [0.29, 0.717) is 10.0 Å². The Kier molecular flexibility index (Phi) is 4.27. The van der Waals surface area contributed by atoms with Gasteiger partial charge in [0.05, 0.1) is 0 Å². The second kappa shape index (κ2) is 5.93. The van der Waals surface area contributed by atoms with Crippen LogP contribution in [0.4, 0.5) is 8.78 Å². The summed E-state index contributed by atoms with van der Waals surface area (Å²) in [7, 11) is 0. The number of benzene rings is 2. The molecule has 0 saturated carbocycles. The molecule has 2 aromatic rings. The summed E-state index contributed by atoms with van der Waals surface area (Å²) in [5.74, 6) is -1.32. The summed E-state index contributed by atoms with van der Waals surface area (Å²) >= 11 is 3.12. The van der Waals surface area contributed by atoms with Gasteiger partial charge >= 0.3 is 0 Å². The van der Waals surface area contributed by atoms with E-state index >= 15 is 0 Å². The lowest BCUT2D eigenvalue weighted by atomic mass is 10.1. The van der Waals surface area contributed by atoms with Gasteiger partial charge in [0.1, 0.15) is 5.82 Å². The van der Waals surface area contributed by atoms with Gasteiger partial charge in [-0.2, -0.15) is 0 Å². The Morgan fingerprint density at radius 2 is 1.79 bits per heavy atom. The van der Waals surface area contributed by atoms with E-state index in [-0.39, 0.29) is 18.1 Å². The topological polar surface area (TPSA) is 26.3 Å². The minimum absolute atomic E-state index is 0.00124. The van der Waals surface area contributed by atoms with E-state index in [0.717, 1.165) is 0 Å². The number of carbonyl (C=O) groups is 1. The Morgan fingerprint density at radius 3 is 2.42 bits per heavy atom. The summed E-state index contributed by atoms with van der Waals surface area (Å²) < 4.78 is 31.8. The summed E-state index contributed by atoms with van der Waals surface area (Å²) in [5, 5.41) is 0. The van der Waals surface area contributed by atoms with Gasteiger partial charge in [-0.3, -0.25) is 4.79 Å². The number of ether oxygens (including phenoxy) is 1. The third kappa shape index (κ3) is 3.61. The lowest BCUT2D eigenvalue weighted by molar-refractivity contribution is 0.0918. The highest BCUT2D eigenvalue weighted by molar-refractivity contribution is 9.10. The van der Waals surface area contributed by atoms with Crippen LogP contribution < -0.4 is 4.74 Å². The summed E-state index contributed by atoms with van der Waals surface area (Å²) in [4.78, 5) is 11.7. The second-order valence-electron chi connectivity index (χ2n) is 3.79. The van der Waals surface area contributed by atoms with Crippen molar-refractivity contribution in [3.05, 3.63) is 64.1 Å². The number of Topliss-reactive ketones (excluding diaryl/α,β-unsaturated/α-hetero) is 1. The standard InChI is InChI=1S/C14H9BrF2O2/c15-10-3-6-14(12(17)7-10)19-8-13(18)9-1-4-11(16)5-2-9/h1-7H,8H2. The van der Waals surface area contributed by atoms with Gasteiger partial charge in [0, 0.05) is 10.0 Å². The van der Waals surface area contributed by atoms with Crippen LogP contribution in [0.25, 0.3) is 0 Å². The molecule has 5 heteroatoms. The quantitative estimate of drug-likeness (QED) is 0.794. The minimum atomic E-state index is -0.554. The normalized spacial score (nSPS) is 10.3. The maximum absolute atomic E-state index is 13.4. The van der Waals surface area contributed by atoms with Crippen LogP contribution in [0, 0.1) is 11.6 Å². The van der Waals surface area contributed by atoms with Crippen LogP contribution in [0.15, 0.2) is 46.9 Å². The Morgan fingerprint density at radius 1 is 1.11 bits per heavy atom. The van der Waals surface area contributed by atoms with E-state index in [4.69, 9.17) is 4.74 Å². The average molecular weight is 327 g/mol. The highest BCUT2D eigenvalue weighted by Gasteiger charge is 2.09. The maximum atomic E-state index is 13.4. The van der Waals surface area contributed by atoms with Crippen molar-refractivity contribution in [2.45, 2.75) is 0 Å². The van der Waals surface area contributed by atoms with E-state index in [2.05, 4.69) is 15.9 Å². The van der Waals surface area contributed by atoms with Crippen LogP contribution in [0.5, 0.6) is 5.75 Å². The lowest BCUT2D eigenvalue weighted by Crippen LogP contribution is -2.12. The highest BCUT2D eigenvalue weighted by atomic mass is 79.9. The fourth-order valence-electron chi connectivity index (χ4n) is 1.45. The van der Waals surface area contributed by atoms with Crippen LogP contribution >= 0.6 is 15.9 Å². The molecule has 0 bridgehead atoms. The van der Waals surface area contributed by atoms with Crippen LogP contribution in [0.1, 0.15) is 10.4 Å². The van der Waals surface area contributed by atoms with Crippen LogP contribution in [-0.4, -0.2) is 12.4 Å². The number of hydrogen-bond acceptors (Lipinski definition) is 2. The number of rotatable bonds is 4. The zero-order valence-corrected chi connectivity index (χ0v) is 11.3. The fourth-order valence-corrected chi connectivity index (χ4v) is 1.79. The smallest absolute Gasteiger partial charge is 0.200 e. The SMILES string of the molecule is O=C(COc1ccc(Br)cc1F)c1ccc(F)cc1. The first kappa shape index (κ1) is 13.7. The molecule has 0 heterocycles. The van der Waals surface area contributed by atoms with Crippen molar-refractivity contribution in [2.75, 3.05) is 6.61 Å². The monoisotopic (exact) mass is 326 g/mol. The summed E-state index contributed by atoms with van der Waals surface area (Å²) in [6, 6.07) is 9.38. The Hall–Kier alpha value is -1.75. The molecular formula is C14H9BrF2O2. The molecule has 0 spiro atoms. The van der Waals surface area contributed by atoms with E-state index < -0.39 is 11.6 Å². The molecular weight excluding hydrogens is 318 g/mol. The van der Waals surface area contributed by atoms with Gasteiger partial charge < -0.3 is 4.74 Å². The van der Waals surface area contributed by atoms with Gasteiger partial charge in [0.2, 0.25) is 0 Å². The fraction of sp³-hybridized carbons (Fsp3) is 0.0714. The maximum Gasteiger partial charge on any atom is 0.200 e. The lowest BCUT2D eigenvalue weighted by Gasteiger charge is -2.06. The van der Waals surface area contributed by atoms with E-state index in [1.54, 1.807) is 6.07 Å². The Labute approximate surface area is 117 Å². The molecule has 0 fully saturated rings. The first-order chi connectivity index (χ1) is 9.06. The van der Waals surface area contributed by atoms with Crippen molar-refractivity contribution < 1.29 is 18.3 Å². The second-order valence-corrected chi connectivity index (χ2v) is 4.71. The zero-order chi connectivity index (χ0) is 13.8. The molecule has 0 unspecified atom stereocenters. The van der Waals surface area contributed by atoms with Crippen LogP contribution in [0.2, 0.25) is 0 Å². The minimum Gasteiger partial charge on any atom is -0.482 e. The number of ketones is 1. The van der Waals surface area contributed by atoms with Gasteiger partial charge in [-0.15, -0.1) is 0 Å². The Balaban J connectivity index is 2.02. The third-order valence-corrected chi connectivity index (χ3v) is 2.91. The van der Waals surface area contributed by atoms with E-state index in [9.17, 15) is 13.6 Å². The van der Waals surface area contributed by atoms with Gasteiger partial charge in [-0.05, 0) is 42.5 Å². The molecule has 0 saturated heterocycles. The largest absolute Gasteiger partial charge is 0.482 e. The molecule has 0 aliphatic rings. The molecule has 0 amide bonds. The molecule has 19 heavy (non-hydrogen) atoms. The number of halogens is 3. The molecule has 0 N–H and O–H groups in total. The first-order valence-corrected chi connectivity index (χ1v) is 6.22. The summed E-state index contributed by atoms with van der Waals surface area (Å²) in [6.07, 6.45) is 0.